The van der Waals surface area contributed by atoms with Crippen LogP contribution in [-0.2, 0) is 22.4 Å². The van der Waals surface area contributed by atoms with Gasteiger partial charge in [0, 0.05) is 24.0 Å². The lowest BCUT2D eigenvalue weighted by molar-refractivity contribution is -0.128. The lowest BCUT2D eigenvalue weighted by Gasteiger charge is -2.26. The van der Waals surface area contributed by atoms with Gasteiger partial charge < -0.3 is 10.1 Å². The van der Waals surface area contributed by atoms with E-state index >= 15 is 0 Å². The second-order valence-corrected chi connectivity index (χ2v) is 8.06. The summed E-state index contributed by atoms with van der Waals surface area (Å²) < 4.78 is 5.40. The number of amides is 1. The molecule has 4 heteroatoms. The van der Waals surface area contributed by atoms with Crippen LogP contribution in [0.2, 0.25) is 0 Å². The third kappa shape index (κ3) is 3.80. The average Bonchev–Trinajstić information content (AvgIpc) is 3.20. The van der Waals surface area contributed by atoms with Crippen molar-refractivity contribution in [3.05, 3.63) is 57.3 Å². The van der Waals surface area contributed by atoms with Crippen LogP contribution in [0.25, 0.3) is 0 Å². The van der Waals surface area contributed by atoms with Crippen molar-refractivity contribution in [2.45, 2.75) is 44.6 Å². The summed E-state index contributed by atoms with van der Waals surface area (Å²) in [4.78, 5) is 14.0. The minimum Gasteiger partial charge on any atom is -0.381 e. The van der Waals surface area contributed by atoms with Gasteiger partial charge in [-0.15, -0.1) is 11.3 Å². The maximum atomic E-state index is 12.8. The molecule has 1 N–H and O–H groups in total. The molecular formula is C21H25NO2S. The van der Waals surface area contributed by atoms with Crippen LogP contribution < -0.4 is 5.32 Å². The summed E-state index contributed by atoms with van der Waals surface area (Å²) in [6, 6.07) is 10.9. The van der Waals surface area contributed by atoms with Crippen molar-refractivity contribution in [1.29, 1.82) is 0 Å². The highest BCUT2D eigenvalue weighted by Gasteiger charge is 2.26. The molecule has 1 unspecified atom stereocenters. The normalized spacial score (nSPS) is 19.2. The summed E-state index contributed by atoms with van der Waals surface area (Å²) in [6.07, 6.45) is 6.57. The third-order valence-corrected chi connectivity index (χ3v) is 6.35. The van der Waals surface area contributed by atoms with Crippen LogP contribution in [-0.4, -0.2) is 19.1 Å². The lowest BCUT2D eigenvalue weighted by Crippen LogP contribution is -2.36. The highest BCUT2D eigenvalue weighted by Crippen LogP contribution is 2.31. The number of hydrogen-bond donors (Lipinski definition) is 1. The van der Waals surface area contributed by atoms with Crippen molar-refractivity contribution in [3.8, 4) is 0 Å². The number of rotatable bonds is 4. The zero-order valence-electron chi connectivity index (χ0n) is 14.5. The highest BCUT2D eigenvalue weighted by atomic mass is 32.1. The van der Waals surface area contributed by atoms with Gasteiger partial charge in [0.15, 0.2) is 0 Å². The van der Waals surface area contributed by atoms with Gasteiger partial charge in [0.05, 0.1) is 6.04 Å². The molecule has 1 fully saturated rings. The van der Waals surface area contributed by atoms with Crippen LogP contribution in [0.1, 0.15) is 53.3 Å². The quantitative estimate of drug-likeness (QED) is 0.890. The third-order valence-electron chi connectivity index (χ3n) is 5.41. The van der Waals surface area contributed by atoms with Crippen molar-refractivity contribution in [1.82, 2.24) is 5.32 Å². The van der Waals surface area contributed by atoms with Crippen LogP contribution in [0.4, 0.5) is 0 Å². The number of fused-ring (bicyclic) bond motifs is 1. The fourth-order valence-corrected chi connectivity index (χ4v) is 4.73. The molecule has 0 bridgehead atoms. The number of aryl methyl sites for hydroxylation is 2. The second-order valence-electron chi connectivity index (χ2n) is 7.08. The maximum Gasteiger partial charge on any atom is 0.224 e. The van der Waals surface area contributed by atoms with E-state index in [2.05, 4.69) is 41.0 Å². The molecule has 1 saturated heterocycles. The molecule has 0 radical (unpaired) electrons. The standard InChI is InChI=1S/C21H25NO2S/c23-21(16-9-11-24-12-10-16)22-20(19-6-3-13-25-19)18-8-7-15-4-1-2-5-17(15)14-18/h3,6-8,13-14,16,20H,1-2,4-5,9-12H2,(H,22,23). The number of hydrogen-bond acceptors (Lipinski definition) is 3. The van der Waals surface area contributed by atoms with Crippen LogP contribution >= 0.6 is 11.3 Å². The summed E-state index contributed by atoms with van der Waals surface area (Å²) >= 11 is 1.71. The van der Waals surface area contributed by atoms with Crippen molar-refractivity contribution in [2.24, 2.45) is 5.92 Å². The Balaban J connectivity index is 1.59. The van der Waals surface area contributed by atoms with Gasteiger partial charge in [-0.25, -0.2) is 0 Å². The molecule has 3 nitrogen and oxygen atoms in total. The van der Waals surface area contributed by atoms with E-state index in [1.807, 2.05) is 0 Å². The van der Waals surface area contributed by atoms with E-state index in [1.54, 1.807) is 11.3 Å². The zero-order valence-corrected chi connectivity index (χ0v) is 15.3. The topological polar surface area (TPSA) is 38.3 Å². The predicted molar refractivity (Wildman–Crippen MR) is 101 cm³/mol. The molecule has 2 aliphatic rings. The van der Waals surface area contributed by atoms with Gasteiger partial charge in [-0.2, -0.15) is 0 Å². The second kappa shape index (κ2) is 7.71. The highest BCUT2D eigenvalue weighted by molar-refractivity contribution is 7.10. The molecule has 1 aliphatic heterocycles. The Morgan fingerprint density at radius 1 is 1.12 bits per heavy atom. The van der Waals surface area contributed by atoms with E-state index in [-0.39, 0.29) is 17.9 Å². The molecule has 1 amide bonds. The molecule has 25 heavy (non-hydrogen) atoms. The van der Waals surface area contributed by atoms with Crippen LogP contribution in [0, 0.1) is 5.92 Å². The maximum absolute atomic E-state index is 12.8. The van der Waals surface area contributed by atoms with Gasteiger partial charge >= 0.3 is 0 Å². The van der Waals surface area contributed by atoms with E-state index in [0.717, 1.165) is 19.3 Å². The summed E-state index contributed by atoms with van der Waals surface area (Å²) in [5.41, 5.74) is 4.16. The smallest absolute Gasteiger partial charge is 0.224 e. The largest absolute Gasteiger partial charge is 0.381 e. The van der Waals surface area contributed by atoms with Crippen molar-refractivity contribution in [3.63, 3.8) is 0 Å². The Morgan fingerprint density at radius 2 is 1.92 bits per heavy atom. The number of benzene rings is 1. The fourth-order valence-electron chi connectivity index (χ4n) is 3.93. The Morgan fingerprint density at radius 3 is 2.68 bits per heavy atom. The van der Waals surface area contributed by atoms with E-state index in [4.69, 9.17) is 4.74 Å². The van der Waals surface area contributed by atoms with Crippen molar-refractivity contribution < 1.29 is 9.53 Å². The number of nitrogens with one attached hydrogen (secondary N) is 1. The molecule has 2 aromatic rings. The Hall–Kier alpha value is -1.65. The predicted octanol–water partition coefficient (Wildman–Crippen LogP) is 4.26. The van der Waals surface area contributed by atoms with Gasteiger partial charge in [-0.05, 0) is 66.7 Å². The van der Waals surface area contributed by atoms with E-state index in [0.29, 0.717) is 13.2 Å². The Bertz CT molecular complexity index is 720. The van der Waals surface area contributed by atoms with Gasteiger partial charge in [0.2, 0.25) is 5.91 Å². The summed E-state index contributed by atoms with van der Waals surface area (Å²) in [7, 11) is 0. The van der Waals surface area contributed by atoms with Crippen molar-refractivity contribution in [2.75, 3.05) is 13.2 Å². The summed E-state index contributed by atoms with van der Waals surface area (Å²) in [6.45, 7) is 1.39. The Kier molecular flexibility index (Phi) is 5.18. The number of carbonyl (C=O) groups excluding carboxylic acids is 1. The molecule has 1 atom stereocenters. The van der Waals surface area contributed by atoms with E-state index in [9.17, 15) is 4.79 Å². The fraction of sp³-hybridized carbons (Fsp3) is 0.476. The van der Waals surface area contributed by atoms with Gasteiger partial charge in [0.1, 0.15) is 0 Å². The average molecular weight is 356 g/mol. The molecule has 1 aromatic carbocycles. The SMILES string of the molecule is O=C(NC(c1ccc2c(c1)CCCC2)c1cccs1)C1CCOCC1. The summed E-state index contributed by atoms with van der Waals surface area (Å²) in [5.74, 6) is 0.244. The molecule has 132 valence electrons. The van der Waals surface area contributed by atoms with E-state index in [1.165, 1.54) is 40.8 Å². The summed E-state index contributed by atoms with van der Waals surface area (Å²) in [5, 5.41) is 5.41. The molecule has 0 saturated carbocycles. The number of ether oxygens (including phenoxy) is 1. The molecule has 1 aromatic heterocycles. The van der Waals surface area contributed by atoms with Crippen LogP contribution in [0.3, 0.4) is 0 Å². The molecule has 2 heterocycles. The first-order valence-corrected chi connectivity index (χ1v) is 10.2. The van der Waals surface area contributed by atoms with Gasteiger partial charge in [-0.1, -0.05) is 24.3 Å². The first-order valence-electron chi connectivity index (χ1n) is 9.34. The molecular weight excluding hydrogens is 330 g/mol. The minimum atomic E-state index is -0.0393. The minimum absolute atomic E-state index is 0.0393. The first-order chi connectivity index (χ1) is 12.3. The van der Waals surface area contributed by atoms with Crippen LogP contribution in [0.15, 0.2) is 35.7 Å². The van der Waals surface area contributed by atoms with Crippen LogP contribution in [0.5, 0.6) is 0 Å². The van der Waals surface area contributed by atoms with E-state index < -0.39 is 0 Å². The monoisotopic (exact) mass is 355 g/mol. The molecule has 0 spiro atoms. The van der Waals surface area contributed by atoms with Gasteiger partial charge in [0.25, 0.3) is 0 Å². The number of carbonyl (C=O) groups is 1. The first kappa shape index (κ1) is 16.8. The lowest BCUT2D eigenvalue weighted by atomic mass is 9.88. The molecule has 4 rings (SSSR count). The van der Waals surface area contributed by atoms with Crippen molar-refractivity contribution >= 4 is 17.2 Å². The van der Waals surface area contributed by atoms with Gasteiger partial charge in [-0.3, -0.25) is 4.79 Å². The Labute approximate surface area is 153 Å². The zero-order chi connectivity index (χ0) is 17.1. The number of thiophene rings is 1. The molecule has 1 aliphatic carbocycles.